The predicted molar refractivity (Wildman–Crippen MR) is 128 cm³/mol. The van der Waals surface area contributed by atoms with Gasteiger partial charge in [-0.15, -0.1) is 0 Å². The number of aromatic nitrogens is 2. The number of sulfonamides is 1. The molecule has 2 fully saturated rings. The summed E-state index contributed by atoms with van der Waals surface area (Å²) in [5.41, 5.74) is 2.64. The summed E-state index contributed by atoms with van der Waals surface area (Å²) in [6.07, 6.45) is 1.17. The second-order valence-electron chi connectivity index (χ2n) is 8.69. The molecule has 14 nitrogen and oxygen atoms in total. The predicted octanol–water partition coefficient (Wildman–Crippen LogP) is 1.51. The Hall–Kier alpha value is -3.79. The van der Waals surface area contributed by atoms with Crippen LogP contribution in [0.4, 0.5) is 4.79 Å². The Morgan fingerprint density at radius 1 is 1.18 bits per heavy atom. The molecule has 0 unspecified atom stereocenters. The normalized spacial score (nSPS) is 21.4. The average Bonchev–Trinajstić information content (AvgIpc) is 3.47. The first-order valence-electron chi connectivity index (χ1n) is 11.7. The molecule has 2 bridgehead atoms. The minimum Gasteiger partial charge on any atom is -0.447 e. The lowest BCUT2D eigenvalue weighted by atomic mass is 10.1. The lowest BCUT2D eigenvalue weighted by molar-refractivity contribution is -0.136. The van der Waals surface area contributed by atoms with E-state index in [1.165, 1.54) is 29.6 Å². The van der Waals surface area contributed by atoms with Gasteiger partial charge < -0.3 is 18.6 Å². The van der Waals surface area contributed by atoms with E-state index < -0.39 is 40.1 Å². The first kappa shape index (κ1) is 25.8. The first-order chi connectivity index (χ1) is 18.3. The Morgan fingerprint density at radius 3 is 2.71 bits per heavy atom. The zero-order chi connectivity index (χ0) is 26.9. The molecule has 0 saturated carbocycles. The third-order valence-electron chi connectivity index (χ3n) is 6.50. The van der Waals surface area contributed by atoms with Gasteiger partial charge >= 0.3 is 12.2 Å². The Labute approximate surface area is 217 Å². The summed E-state index contributed by atoms with van der Waals surface area (Å²) < 4.78 is 49.3. The minimum absolute atomic E-state index is 0.00773. The topological polar surface area (TPSA) is 174 Å². The smallest absolute Gasteiger partial charge is 0.410 e. The molecule has 2 aliphatic heterocycles. The van der Waals surface area contributed by atoms with Gasteiger partial charge in [0.05, 0.1) is 18.8 Å². The maximum absolute atomic E-state index is 13.6. The van der Waals surface area contributed by atoms with Gasteiger partial charge in [0.25, 0.3) is 5.91 Å². The SMILES string of the molecule is COCCOC(=O)N1[C@@H]2CC[C@H]1[C@H](C(=O)NO)N(S(=O)(=O)c1ccc(Oc3nc4ccccc4o3)nc1)C2. The van der Waals surface area contributed by atoms with Crippen molar-refractivity contribution in [1.82, 2.24) is 24.7 Å². The standard InChI is InChI=1S/C23H25N5O9S/c1-34-10-11-35-23(30)28-14-6-8-17(28)20(21(29)26-31)27(13-14)38(32,33)15-7-9-19(24-12-15)37-22-25-16-4-2-3-5-18(16)36-22/h2-5,7,9,12,14,17,20,31H,6,8,10-11,13H2,1H3,(H,26,29)/t14-,17+,20-/m1/s1. The fourth-order valence-electron chi connectivity index (χ4n) is 4.80. The average molecular weight is 548 g/mol. The summed E-state index contributed by atoms with van der Waals surface area (Å²) in [7, 11) is -2.80. The highest BCUT2D eigenvalue weighted by Crippen LogP contribution is 2.38. The molecule has 1 aromatic carbocycles. The van der Waals surface area contributed by atoms with Crippen molar-refractivity contribution in [3.05, 3.63) is 42.6 Å². The molecular weight excluding hydrogens is 522 g/mol. The Balaban J connectivity index is 1.36. The summed E-state index contributed by atoms with van der Waals surface area (Å²) in [5, 5.41) is 9.38. The van der Waals surface area contributed by atoms with Crippen LogP contribution in [0.1, 0.15) is 12.8 Å². The van der Waals surface area contributed by atoms with Crippen molar-refractivity contribution in [3.8, 4) is 12.0 Å². The number of nitrogens with one attached hydrogen (secondary N) is 1. The van der Waals surface area contributed by atoms with E-state index in [4.69, 9.17) is 18.6 Å². The van der Waals surface area contributed by atoms with Gasteiger partial charge in [0.2, 0.25) is 15.9 Å². The van der Waals surface area contributed by atoms with Gasteiger partial charge in [-0.1, -0.05) is 12.1 Å². The van der Waals surface area contributed by atoms with E-state index in [2.05, 4.69) is 9.97 Å². The van der Waals surface area contributed by atoms with Crippen molar-refractivity contribution in [1.29, 1.82) is 0 Å². The number of pyridine rings is 1. The molecule has 2 aromatic heterocycles. The number of oxazole rings is 1. The van der Waals surface area contributed by atoms with E-state index in [0.717, 1.165) is 10.5 Å². The number of nitrogens with zero attached hydrogens (tertiary/aromatic N) is 4. The highest BCUT2D eigenvalue weighted by Gasteiger charge is 2.55. The lowest BCUT2D eigenvalue weighted by Gasteiger charge is -2.44. The number of piperazine rings is 1. The van der Waals surface area contributed by atoms with Crippen molar-refractivity contribution in [2.24, 2.45) is 0 Å². The zero-order valence-corrected chi connectivity index (χ0v) is 21.0. The van der Waals surface area contributed by atoms with Crippen LogP contribution in [0.2, 0.25) is 0 Å². The number of fused-ring (bicyclic) bond motifs is 3. The molecule has 3 aromatic rings. The molecule has 4 heterocycles. The van der Waals surface area contributed by atoms with Crippen LogP contribution >= 0.6 is 0 Å². The number of methoxy groups -OCH3 is 1. The third-order valence-corrected chi connectivity index (χ3v) is 8.33. The van der Waals surface area contributed by atoms with Crippen LogP contribution < -0.4 is 10.2 Å². The first-order valence-corrected chi connectivity index (χ1v) is 13.2. The molecule has 202 valence electrons. The van der Waals surface area contributed by atoms with Gasteiger partial charge in [-0.3, -0.25) is 14.9 Å². The van der Waals surface area contributed by atoms with Gasteiger partial charge in [-0.05, 0) is 31.0 Å². The molecule has 0 radical (unpaired) electrons. The van der Waals surface area contributed by atoms with Crippen LogP contribution in [-0.2, 0) is 24.3 Å². The number of benzene rings is 1. The number of carbonyl (C=O) groups is 2. The molecule has 38 heavy (non-hydrogen) atoms. The molecule has 0 spiro atoms. The van der Waals surface area contributed by atoms with Crippen molar-refractivity contribution in [2.45, 2.75) is 35.9 Å². The Bertz CT molecular complexity index is 1400. The van der Waals surface area contributed by atoms with Crippen LogP contribution in [0.3, 0.4) is 0 Å². The van der Waals surface area contributed by atoms with Gasteiger partial charge in [0, 0.05) is 25.8 Å². The largest absolute Gasteiger partial charge is 0.447 e. The van der Waals surface area contributed by atoms with E-state index in [1.54, 1.807) is 24.3 Å². The van der Waals surface area contributed by atoms with Crippen molar-refractivity contribution in [2.75, 3.05) is 26.9 Å². The maximum Gasteiger partial charge on any atom is 0.410 e. The molecule has 5 rings (SSSR count). The fourth-order valence-corrected chi connectivity index (χ4v) is 6.40. The molecule has 2 aliphatic rings. The summed E-state index contributed by atoms with van der Waals surface area (Å²) in [6.45, 7) is 0.0281. The van der Waals surface area contributed by atoms with Crippen LogP contribution in [-0.4, -0.2) is 89.8 Å². The van der Waals surface area contributed by atoms with Crippen LogP contribution in [0, 0.1) is 0 Å². The van der Waals surface area contributed by atoms with Crippen LogP contribution in [0.5, 0.6) is 12.0 Å². The summed E-state index contributed by atoms with van der Waals surface area (Å²) in [6, 6.07) is 6.95. The van der Waals surface area contributed by atoms with Crippen LogP contribution in [0.15, 0.2) is 51.9 Å². The van der Waals surface area contributed by atoms with Gasteiger partial charge in [-0.25, -0.2) is 23.7 Å². The molecule has 2 N–H and O–H groups in total. The highest BCUT2D eigenvalue weighted by atomic mass is 32.2. The fraction of sp³-hybridized carbons (Fsp3) is 0.391. The van der Waals surface area contributed by atoms with Crippen molar-refractivity contribution < 1.29 is 41.8 Å². The molecule has 2 amide bonds. The molecule has 2 saturated heterocycles. The number of hydrogen-bond donors (Lipinski definition) is 2. The molecule has 15 heteroatoms. The summed E-state index contributed by atoms with van der Waals surface area (Å²) >= 11 is 0. The quantitative estimate of drug-likeness (QED) is 0.238. The second-order valence-corrected chi connectivity index (χ2v) is 10.6. The van der Waals surface area contributed by atoms with Crippen LogP contribution in [0.25, 0.3) is 11.1 Å². The Kier molecular flexibility index (Phi) is 7.16. The minimum atomic E-state index is -4.27. The van der Waals surface area contributed by atoms with E-state index >= 15 is 0 Å². The molecule has 3 atom stereocenters. The number of amides is 2. The van der Waals surface area contributed by atoms with Gasteiger partial charge in [0.15, 0.2) is 5.58 Å². The summed E-state index contributed by atoms with van der Waals surface area (Å²) in [4.78, 5) is 34.8. The van der Waals surface area contributed by atoms with Gasteiger partial charge in [-0.2, -0.15) is 9.29 Å². The molecular formula is C23H25N5O9S. The van der Waals surface area contributed by atoms with E-state index in [1.807, 2.05) is 0 Å². The van der Waals surface area contributed by atoms with Crippen molar-refractivity contribution >= 4 is 33.1 Å². The number of ether oxygens (including phenoxy) is 3. The Morgan fingerprint density at radius 2 is 2.00 bits per heavy atom. The number of carbonyl (C=O) groups excluding carboxylic acids is 2. The number of rotatable bonds is 8. The monoisotopic (exact) mass is 547 g/mol. The lowest BCUT2D eigenvalue weighted by Crippen LogP contribution is -2.66. The second kappa shape index (κ2) is 10.5. The zero-order valence-electron chi connectivity index (χ0n) is 20.2. The maximum atomic E-state index is 13.6. The van der Waals surface area contributed by atoms with Gasteiger partial charge in [0.1, 0.15) is 23.1 Å². The summed E-state index contributed by atoms with van der Waals surface area (Å²) in [5.74, 6) is -0.915. The van der Waals surface area contributed by atoms with E-state index in [0.29, 0.717) is 23.9 Å². The van der Waals surface area contributed by atoms with Crippen molar-refractivity contribution in [3.63, 3.8) is 0 Å². The number of para-hydroxylation sites is 2. The highest BCUT2D eigenvalue weighted by molar-refractivity contribution is 7.89. The van der Waals surface area contributed by atoms with E-state index in [-0.39, 0.29) is 36.6 Å². The molecule has 0 aliphatic carbocycles. The van der Waals surface area contributed by atoms with E-state index in [9.17, 15) is 23.2 Å². The number of hydrogen-bond acceptors (Lipinski definition) is 11. The number of hydroxylamine groups is 1. The third kappa shape index (κ3) is 4.76.